The maximum atomic E-state index is 12.9. The molecule has 0 amide bonds. The van der Waals surface area contributed by atoms with Gasteiger partial charge in [-0.05, 0) is 29.8 Å². The van der Waals surface area contributed by atoms with Crippen LogP contribution >= 0.6 is 0 Å². The summed E-state index contributed by atoms with van der Waals surface area (Å²) < 4.78 is 39.1. The third-order valence-corrected chi connectivity index (χ3v) is 5.26. The third-order valence-electron chi connectivity index (χ3n) is 3.46. The molecular formula is C15H16FN3O4S. The first kappa shape index (κ1) is 17.8. The SMILES string of the molecule is CNc1ccc(S(=O)(=O)N(C)Cc2ccc(F)cc2)cc1[N+](=O)[O-]. The molecule has 0 unspecified atom stereocenters. The zero-order valence-corrected chi connectivity index (χ0v) is 13.9. The molecule has 24 heavy (non-hydrogen) atoms. The molecule has 0 aromatic heterocycles. The van der Waals surface area contributed by atoms with E-state index in [2.05, 4.69) is 5.32 Å². The molecule has 2 rings (SSSR count). The van der Waals surface area contributed by atoms with Gasteiger partial charge in [0, 0.05) is 26.7 Å². The maximum absolute atomic E-state index is 12.9. The fourth-order valence-corrected chi connectivity index (χ4v) is 3.33. The van der Waals surface area contributed by atoms with Gasteiger partial charge in [0.2, 0.25) is 10.0 Å². The Morgan fingerprint density at radius 3 is 2.38 bits per heavy atom. The van der Waals surface area contributed by atoms with Crippen LogP contribution in [0.25, 0.3) is 0 Å². The quantitative estimate of drug-likeness (QED) is 0.636. The van der Waals surface area contributed by atoms with E-state index < -0.39 is 20.8 Å². The Morgan fingerprint density at radius 2 is 1.83 bits per heavy atom. The van der Waals surface area contributed by atoms with E-state index in [1.165, 1.54) is 50.5 Å². The molecule has 0 bridgehead atoms. The first-order valence-corrected chi connectivity index (χ1v) is 8.36. The minimum atomic E-state index is -3.92. The number of sulfonamides is 1. The van der Waals surface area contributed by atoms with Gasteiger partial charge in [0.15, 0.2) is 0 Å². The average Bonchev–Trinajstić information content (AvgIpc) is 2.56. The lowest BCUT2D eigenvalue weighted by Gasteiger charge is -2.17. The highest BCUT2D eigenvalue weighted by atomic mass is 32.2. The van der Waals surface area contributed by atoms with E-state index in [1.807, 2.05) is 0 Å². The number of anilines is 1. The second-order valence-corrected chi connectivity index (χ2v) is 7.12. The van der Waals surface area contributed by atoms with Crippen LogP contribution in [0.15, 0.2) is 47.4 Å². The first-order chi connectivity index (χ1) is 11.3. The lowest BCUT2D eigenvalue weighted by Crippen LogP contribution is -2.26. The summed E-state index contributed by atoms with van der Waals surface area (Å²) in [6.45, 7) is 0.0180. The summed E-state index contributed by atoms with van der Waals surface area (Å²) in [5.74, 6) is -0.414. The summed E-state index contributed by atoms with van der Waals surface area (Å²) in [5.41, 5.74) is 0.498. The van der Waals surface area contributed by atoms with Gasteiger partial charge < -0.3 is 5.32 Å². The summed E-state index contributed by atoms with van der Waals surface area (Å²) in [4.78, 5) is 10.2. The molecule has 0 radical (unpaired) electrons. The minimum absolute atomic E-state index is 0.0180. The largest absolute Gasteiger partial charge is 0.383 e. The van der Waals surface area contributed by atoms with E-state index in [0.29, 0.717) is 5.56 Å². The normalized spacial score (nSPS) is 11.5. The molecule has 0 saturated carbocycles. The maximum Gasteiger partial charge on any atom is 0.293 e. The Balaban J connectivity index is 2.33. The monoisotopic (exact) mass is 353 g/mol. The number of nitrogens with zero attached hydrogens (tertiary/aromatic N) is 2. The number of benzene rings is 2. The van der Waals surface area contributed by atoms with Crippen molar-refractivity contribution in [2.24, 2.45) is 0 Å². The van der Waals surface area contributed by atoms with Crippen molar-refractivity contribution in [2.75, 3.05) is 19.4 Å². The molecule has 0 aliphatic heterocycles. The number of nitro groups is 1. The fourth-order valence-electron chi connectivity index (χ4n) is 2.15. The van der Waals surface area contributed by atoms with Crippen LogP contribution < -0.4 is 5.32 Å². The van der Waals surface area contributed by atoms with Crippen molar-refractivity contribution in [1.29, 1.82) is 0 Å². The zero-order valence-electron chi connectivity index (χ0n) is 13.1. The van der Waals surface area contributed by atoms with E-state index in [9.17, 15) is 22.9 Å². The molecule has 0 heterocycles. The van der Waals surface area contributed by atoms with E-state index in [-0.39, 0.29) is 22.8 Å². The number of rotatable bonds is 6. The topological polar surface area (TPSA) is 92.6 Å². The van der Waals surface area contributed by atoms with E-state index in [4.69, 9.17) is 0 Å². The van der Waals surface area contributed by atoms with Gasteiger partial charge in [0.1, 0.15) is 11.5 Å². The molecule has 128 valence electrons. The molecule has 0 fully saturated rings. The molecule has 0 spiro atoms. The van der Waals surface area contributed by atoms with Gasteiger partial charge in [-0.15, -0.1) is 0 Å². The smallest absolute Gasteiger partial charge is 0.293 e. The van der Waals surface area contributed by atoms with Crippen molar-refractivity contribution in [1.82, 2.24) is 4.31 Å². The van der Waals surface area contributed by atoms with Gasteiger partial charge >= 0.3 is 0 Å². The minimum Gasteiger partial charge on any atom is -0.383 e. The molecule has 0 atom stereocenters. The van der Waals surface area contributed by atoms with Crippen LogP contribution in [-0.2, 0) is 16.6 Å². The van der Waals surface area contributed by atoms with Crippen LogP contribution in [0.1, 0.15) is 5.56 Å². The Bertz CT molecular complexity index is 854. The average molecular weight is 353 g/mol. The lowest BCUT2D eigenvalue weighted by atomic mass is 10.2. The second kappa shape index (κ2) is 6.93. The summed E-state index contributed by atoms with van der Waals surface area (Å²) in [5, 5.41) is 13.7. The summed E-state index contributed by atoms with van der Waals surface area (Å²) in [6, 6.07) is 9.10. The van der Waals surface area contributed by atoms with Crippen LogP contribution in [-0.4, -0.2) is 31.7 Å². The molecule has 2 aromatic carbocycles. The number of halogens is 1. The summed E-state index contributed by atoms with van der Waals surface area (Å²) >= 11 is 0. The standard InChI is InChI=1S/C15H16FN3O4S/c1-17-14-8-7-13(9-15(14)19(20)21)24(22,23)18(2)10-11-3-5-12(16)6-4-11/h3-9,17H,10H2,1-2H3. The van der Waals surface area contributed by atoms with E-state index in [0.717, 1.165) is 10.4 Å². The van der Waals surface area contributed by atoms with Crippen LogP contribution in [0.4, 0.5) is 15.8 Å². The van der Waals surface area contributed by atoms with Gasteiger partial charge in [0.25, 0.3) is 5.69 Å². The van der Waals surface area contributed by atoms with Gasteiger partial charge in [-0.1, -0.05) is 12.1 Å². The molecule has 0 aliphatic carbocycles. The van der Waals surface area contributed by atoms with Gasteiger partial charge in [-0.2, -0.15) is 4.31 Å². The fraction of sp³-hybridized carbons (Fsp3) is 0.200. The number of hydrogen-bond acceptors (Lipinski definition) is 5. The van der Waals surface area contributed by atoms with Crippen LogP contribution in [0, 0.1) is 15.9 Å². The molecule has 7 nitrogen and oxygen atoms in total. The van der Waals surface area contributed by atoms with Gasteiger partial charge in [0.05, 0.1) is 9.82 Å². The predicted octanol–water partition coefficient (Wildman–Crippen LogP) is 2.60. The highest BCUT2D eigenvalue weighted by molar-refractivity contribution is 7.89. The van der Waals surface area contributed by atoms with Crippen molar-refractivity contribution >= 4 is 21.4 Å². The zero-order chi connectivity index (χ0) is 17.9. The van der Waals surface area contributed by atoms with Crippen LogP contribution in [0.5, 0.6) is 0 Å². The van der Waals surface area contributed by atoms with E-state index in [1.54, 1.807) is 0 Å². The molecule has 1 N–H and O–H groups in total. The Hall–Kier alpha value is -2.52. The highest BCUT2D eigenvalue weighted by Gasteiger charge is 2.25. The summed E-state index contributed by atoms with van der Waals surface area (Å²) in [6.07, 6.45) is 0. The van der Waals surface area contributed by atoms with Crippen molar-refractivity contribution in [2.45, 2.75) is 11.4 Å². The summed E-state index contributed by atoms with van der Waals surface area (Å²) in [7, 11) is -1.05. The van der Waals surface area contributed by atoms with Crippen molar-refractivity contribution < 1.29 is 17.7 Å². The Labute approximate surface area is 138 Å². The highest BCUT2D eigenvalue weighted by Crippen LogP contribution is 2.28. The first-order valence-electron chi connectivity index (χ1n) is 6.92. The Kier molecular flexibility index (Phi) is 5.15. The van der Waals surface area contributed by atoms with Crippen molar-refractivity contribution in [3.05, 3.63) is 64.0 Å². The van der Waals surface area contributed by atoms with Crippen LogP contribution in [0.3, 0.4) is 0 Å². The van der Waals surface area contributed by atoms with Crippen LogP contribution in [0.2, 0.25) is 0 Å². The van der Waals surface area contributed by atoms with Gasteiger partial charge in [-0.3, -0.25) is 10.1 Å². The predicted molar refractivity (Wildman–Crippen MR) is 87.7 cm³/mol. The molecule has 9 heteroatoms. The van der Waals surface area contributed by atoms with E-state index >= 15 is 0 Å². The van der Waals surface area contributed by atoms with Crippen molar-refractivity contribution in [3.63, 3.8) is 0 Å². The lowest BCUT2D eigenvalue weighted by molar-refractivity contribution is -0.384. The molecule has 0 aliphatic rings. The second-order valence-electron chi connectivity index (χ2n) is 5.07. The molecule has 0 saturated heterocycles. The molecule has 2 aromatic rings. The Morgan fingerprint density at radius 1 is 1.21 bits per heavy atom. The number of nitro benzene ring substituents is 1. The molecular weight excluding hydrogens is 337 g/mol. The third kappa shape index (κ3) is 3.69. The number of hydrogen-bond donors (Lipinski definition) is 1. The number of nitrogens with one attached hydrogen (secondary N) is 1. The van der Waals surface area contributed by atoms with Gasteiger partial charge in [-0.25, -0.2) is 12.8 Å². The van der Waals surface area contributed by atoms with Crippen molar-refractivity contribution in [3.8, 4) is 0 Å².